The minimum absolute atomic E-state index is 0.216. The van der Waals surface area contributed by atoms with E-state index in [0.717, 1.165) is 16.8 Å². The van der Waals surface area contributed by atoms with Crippen molar-refractivity contribution in [2.75, 3.05) is 5.73 Å². The van der Waals surface area contributed by atoms with Crippen molar-refractivity contribution >= 4 is 11.5 Å². The Hall–Kier alpha value is -2.09. The van der Waals surface area contributed by atoms with Crippen LogP contribution in [0.25, 0.3) is 0 Å². The van der Waals surface area contributed by atoms with Gasteiger partial charge in [0, 0.05) is 17.5 Å². The summed E-state index contributed by atoms with van der Waals surface area (Å²) in [6, 6.07) is 15.7. The summed E-state index contributed by atoms with van der Waals surface area (Å²) in [5.74, 6) is 0.216. The lowest BCUT2D eigenvalue weighted by Gasteiger charge is -2.24. The van der Waals surface area contributed by atoms with Gasteiger partial charge >= 0.3 is 0 Å². The van der Waals surface area contributed by atoms with Crippen molar-refractivity contribution in [1.82, 2.24) is 0 Å². The van der Waals surface area contributed by atoms with E-state index >= 15 is 0 Å². The molecule has 0 atom stereocenters. The molecule has 2 heteroatoms. The summed E-state index contributed by atoms with van der Waals surface area (Å²) in [5, 5.41) is 0. The average Bonchev–Trinajstić information content (AvgIpc) is 2.39. The third-order valence-corrected chi connectivity index (χ3v) is 3.78. The number of ketones is 1. The maximum absolute atomic E-state index is 12.6. The summed E-state index contributed by atoms with van der Waals surface area (Å²) >= 11 is 0. The van der Waals surface area contributed by atoms with Gasteiger partial charge in [0.15, 0.2) is 0 Å². The van der Waals surface area contributed by atoms with Crippen molar-refractivity contribution in [3.63, 3.8) is 0 Å². The van der Waals surface area contributed by atoms with E-state index in [4.69, 9.17) is 5.73 Å². The molecular formula is C18H21NO. The fourth-order valence-electron chi connectivity index (χ4n) is 2.29. The topological polar surface area (TPSA) is 43.1 Å². The quantitative estimate of drug-likeness (QED) is 0.859. The second-order valence-electron chi connectivity index (χ2n) is 5.84. The fourth-order valence-corrected chi connectivity index (χ4v) is 2.29. The van der Waals surface area contributed by atoms with Gasteiger partial charge in [0.2, 0.25) is 0 Å². The van der Waals surface area contributed by atoms with Gasteiger partial charge in [0.05, 0.1) is 0 Å². The first-order valence-electron chi connectivity index (χ1n) is 6.84. The zero-order valence-corrected chi connectivity index (χ0v) is 12.3. The van der Waals surface area contributed by atoms with Gasteiger partial charge < -0.3 is 5.73 Å². The van der Waals surface area contributed by atoms with Gasteiger partial charge in [-0.3, -0.25) is 4.79 Å². The summed E-state index contributed by atoms with van der Waals surface area (Å²) in [4.78, 5) is 12.6. The molecule has 0 spiro atoms. The smallest absolute Gasteiger partial charge is 0.147 e. The highest BCUT2D eigenvalue weighted by Crippen LogP contribution is 2.26. The Morgan fingerprint density at radius 1 is 1.10 bits per heavy atom. The molecule has 0 aliphatic carbocycles. The standard InChI is InChI=1S/C18H21NO/c1-13-5-4-6-14(11-13)12-17(20)18(2,3)15-7-9-16(19)10-8-15/h4-11H,12,19H2,1-3H3. The van der Waals surface area contributed by atoms with E-state index in [1.54, 1.807) is 0 Å². The Balaban J connectivity index is 2.21. The zero-order valence-electron chi connectivity index (χ0n) is 12.3. The highest BCUT2D eigenvalue weighted by molar-refractivity contribution is 5.91. The summed E-state index contributed by atoms with van der Waals surface area (Å²) < 4.78 is 0. The number of anilines is 1. The van der Waals surface area contributed by atoms with E-state index in [1.807, 2.05) is 63.2 Å². The predicted molar refractivity (Wildman–Crippen MR) is 83.8 cm³/mol. The summed E-state index contributed by atoms with van der Waals surface area (Å²) in [7, 11) is 0. The second kappa shape index (κ2) is 5.49. The lowest BCUT2D eigenvalue weighted by atomic mass is 9.78. The van der Waals surface area contributed by atoms with Gasteiger partial charge in [-0.1, -0.05) is 42.0 Å². The molecule has 0 amide bonds. The monoisotopic (exact) mass is 267 g/mol. The molecule has 0 heterocycles. The van der Waals surface area contributed by atoms with Crippen molar-refractivity contribution in [1.29, 1.82) is 0 Å². The molecule has 0 fully saturated rings. The van der Waals surface area contributed by atoms with Crippen LogP contribution >= 0.6 is 0 Å². The maximum atomic E-state index is 12.6. The van der Waals surface area contributed by atoms with Crippen molar-refractivity contribution in [3.05, 3.63) is 65.2 Å². The lowest BCUT2D eigenvalue weighted by molar-refractivity contribution is -0.122. The van der Waals surface area contributed by atoms with Crippen LogP contribution in [0.1, 0.15) is 30.5 Å². The molecule has 0 unspecified atom stereocenters. The van der Waals surface area contributed by atoms with Gasteiger partial charge in [-0.15, -0.1) is 0 Å². The highest BCUT2D eigenvalue weighted by Gasteiger charge is 2.29. The molecule has 20 heavy (non-hydrogen) atoms. The molecule has 0 bridgehead atoms. The molecule has 0 aliphatic rings. The van der Waals surface area contributed by atoms with Crippen LogP contribution in [0.2, 0.25) is 0 Å². The van der Waals surface area contributed by atoms with Crippen LogP contribution in [0.3, 0.4) is 0 Å². The molecule has 0 radical (unpaired) electrons. The first-order valence-corrected chi connectivity index (χ1v) is 6.84. The third-order valence-electron chi connectivity index (χ3n) is 3.78. The Morgan fingerprint density at radius 3 is 2.35 bits per heavy atom. The van der Waals surface area contributed by atoms with Crippen LogP contribution in [-0.2, 0) is 16.6 Å². The van der Waals surface area contributed by atoms with Crippen LogP contribution in [0.15, 0.2) is 48.5 Å². The molecule has 0 saturated carbocycles. The number of hydrogen-bond acceptors (Lipinski definition) is 2. The summed E-state index contributed by atoms with van der Waals surface area (Å²) in [5.41, 5.74) is 9.17. The highest BCUT2D eigenvalue weighted by atomic mass is 16.1. The number of hydrogen-bond donors (Lipinski definition) is 1. The minimum atomic E-state index is -0.503. The molecule has 2 nitrogen and oxygen atoms in total. The normalized spacial score (nSPS) is 11.3. The second-order valence-corrected chi connectivity index (χ2v) is 5.84. The third kappa shape index (κ3) is 3.08. The molecule has 0 aliphatic heterocycles. The Kier molecular flexibility index (Phi) is 3.93. The van der Waals surface area contributed by atoms with E-state index in [-0.39, 0.29) is 5.78 Å². The van der Waals surface area contributed by atoms with Gasteiger partial charge in [-0.2, -0.15) is 0 Å². The Morgan fingerprint density at radius 2 is 1.75 bits per heavy atom. The number of aryl methyl sites for hydroxylation is 1. The Labute approximate surface area is 120 Å². The molecule has 2 aromatic carbocycles. The number of nitrogen functional groups attached to an aromatic ring is 1. The first kappa shape index (κ1) is 14.3. The average molecular weight is 267 g/mol. The van der Waals surface area contributed by atoms with Crippen molar-refractivity contribution in [3.8, 4) is 0 Å². The minimum Gasteiger partial charge on any atom is -0.399 e. The van der Waals surface area contributed by atoms with Crippen LogP contribution < -0.4 is 5.73 Å². The molecule has 2 N–H and O–H groups in total. The van der Waals surface area contributed by atoms with E-state index in [1.165, 1.54) is 5.56 Å². The number of Topliss-reactive ketones (excluding diaryl/α,β-unsaturated/α-hetero) is 1. The van der Waals surface area contributed by atoms with Crippen LogP contribution in [0, 0.1) is 6.92 Å². The molecule has 2 rings (SSSR count). The van der Waals surface area contributed by atoms with Gasteiger partial charge in [0.1, 0.15) is 5.78 Å². The SMILES string of the molecule is Cc1cccc(CC(=O)C(C)(C)c2ccc(N)cc2)c1. The molecule has 0 aromatic heterocycles. The number of benzene rings is 2. The van der Waals surface area contributed by atoms with Crippen LogP contribution in [0.5, 0.6) is 0 Å². The van der Waals surface area contributed by atoms with Gasteiger partial charge in [-0.25, -0.2) is 0 Å². The first-order chi connectivity index (χ1) is 9.39. The van der Waals surface area contributed by atoms with Crippen molar-refractivity contribution in [2.24, 2.45) is 0 Å². The lowest BCUT2D eigenvalue weighted by Crippen LogP contribution is -2.30. The molecule has 0 saturated heterocycles. The molecule has 104 valence electrons. The van der Waals surface area contributed by atoms with Crippen molar-refractivity contribution < 1.29 is 4.79 Å². The number of carbonyl (C=O) groups excluding carboxylic acids is 1. The van der Waals surface area contributed by atoms with Crippen LogP contribution in [0.4, 0.5) is 5.69 Å². The van der Waals surface area contributed by atoms with Crippen LogP contribution in [-0.4, -0.2) is 5.78 Å². The van der Waals surface area contributed by atoms with E-state index in [2.05, 4.69) is 6.07 Å². The fraction of sp³-hybridized carbons (Fsp3) is 0.278. The largest absolute Gasteiger partial charge is 0.399 e. The van der Waals surface area contributed by atoms with Crippen molar-refractivity contribution in [2.45, 2.75) is 32.6 Å². The van der Waals surface area contributed by atoms with E-state index in [9.17, 15) is 4.79 Å². The number of nitrogens with two attached hydrogens (primary N) is 1. The van der Waals surface area contributed by atoms with E-state index in [0.29, 0.717) is 6.42 Å². The molecular weight excluding hydrogens is 246 g/mol. The zero-order chi connectivity index (χ0) is 14.8. The summed E-state index contributed by atoms with van der Waals surface area (Å²) in [6.45, 7) is 5.98. The molecule has 2 aromatic rings. The maximum Gasteiger partial charge on any atom is 0.147 e. The number of rotatable bonds is 4. The summed E-state index contributed by atoms with van der Waals surface area (Å²) in [6.07, 6.45) is 0.457. The Bertz CT molecular complexity index is 612. The van der Waals surface area contributed by atoms with E-state index < -0.39 is 5.41 Å². The van der Waals surface area contributed by atoms with Gasteiger partial charge in [0.25, 0.3) is 0 Å². The number of carbonyl (C=O) groups is 1. The van der Waals surface area contributed by atoms with Gasteiger partial charge in [-0.05, 0) is 44.0 Å². The predicted octanol–water partition coefficient (Wildman–Crippen LogP) is 3.67.